The van der Waals surface area contributed by atoms with E-state index in [0.29, 0.717) is 24.2 Å². The van der Waals surface area contributed by atoms with Crippen LogP contribution in [0.1, 0.15) is 66.3 Å². The number of carbonyl (C=O) groups is 2. The third-order valence-corrected chi connectivity index (χ3v) is 8.24. The number of nitrogens with one attached hydrogen (secondary N) is 1. The van der Waals surface area contributed by atoms with Gasteiger partial charge in [0, 0.05) is 43.3 Å². The zero-order valence-electron chi connectivity index (χ0n) is 19.7. The predicted octanol–water partition coefficient (Wildman–Crippen LogP) is 3.66. The van der Waals surface area contributed by atoms with Crippen molar-refractivity contribution in [2.45, 2.75) is 63.6 Å². The summed E-state index contributed by atoms with van der Waals surface area (Å²) in [4.78, 5) is 26.8. The van der Waals surface area contributed by atoms with E-state index in [1.165, 1.54) is 12.1 Å². The lowest BCUT2D eigenvalue weighted by Gasteiger charge is -2.32. The van der Waals surface area contributed by atoms with Crippen LogP contribution in [0.2, 0.25) is 0 Å². The summed E-state index contributed by atoms with van der Waals surface area (Å²) in [6.07, 6.45) is 2.78. The molecular weight excluding hydrogens is 438 g/mol. The Balaban J connectivity index is 1.60. The molecule has 0 saturated carbocycles. The van der Waals surface area contributed by atoms with Gasteiger partial charge in [-0.05, 0) is 75.6 Å². The van der Waals surface area contributed by atoms with Crippen molar-refractivity contribution in [1.29, 1.82) is 0 Å². The van der Waals surface area contributed by atoms with Crippen molar-refractivity contribution in [2.75, 3.05) is 13.6 Å². The van der Waals surface area contributed by atoms with E-state index in [2.05, 4.69) is 5.32 Å². The first-order valence-corrected chi connectivity index (χ1v) is 12.8. The third kappa shape index (κ3) is 5.81. The fraction of sp³-hybridized carbons (Fsp3) is 0.440. The molecule has 1 fully saturated rings. The third-order valence-electron chi connectivity index (χ3n) is 6.21. The lowest BCUT2D eigenvalue weighted by Crippen LogP contribution is -2.41. The van der Waals surface area contributed by atoms with Crippen molar-refractivity contribution in [3.8, 4) is 0 Å². The summed E-state index contributed by atoms with van der Waals surface area (Å²) in [5.41, 5.74) is 1.86. The maximum Gasteiger partial charge on any atom is 0.253 e. The smallest absolute Gasteiger partial charge is 0.253 e. The second-order valence-corrected chi connectivity index (χ2v) is 10.8. The zero-order valence-corrected chi connectivity index (χ0v) is 20.6. The summed E-state index contributed by atoms with van der Waals surface area (Å²) in [5.74, 6) is -0.334. The molecular formula is C25H33N3O4S. The Hall–Kier alpha value is -2.71. The molecule has 178 valence electrons. The molecule has 0 spiro atoms. The van der Waals surface area contributed by atoms with Gasteiger partial charge in [0.25, 0.3) is 11.8 Å². The molecule has 1 heterocycles. The molecule has 0 aromatic heterocycles. The van der Waals surface area contributed by atoms with Crippen LogP contribution in [0.15, 0.2) is 53.4 Å². The summed E-state index contributed by atoms with van der Waals surface area (Å²) in [7, 11) is -1.79. The molecule has 0 bridgehead atoms. The molecule has 8 heteroatoms. The minimum atomic E-state index is -3.56. The zero-order chi connectivity index (χ0) is 24.2. The second kappa shape index (κ2) is 10.5. The van der Waals surface area contributed by atoms with Gasteiger partial charge in [-0.2, -0.15) is 4.31 Å². The van der Waals surface area contributed by atoms with E-state index < -0.39 is 10.0 Å². The van der Waals surface area contributed by atoms with Gasteiger partial charge >= 0.3 is 0 Å². The fourth-order valence-corrected chi connectivity index (χ4v) is 5.53. The normalized spacial score (nSPS) is 17.1. The number of amides is 2. The number of piperidine rings is 1. The number of sulfonamides is 1. The monoisotopic (exact) mass is 471 g/mol. The van der Waals surface area contributed by atoms with Gasteiger partial charge in [0.2, 0.25) is 10.0 Å². The van der Waals surface area contributed by atoms with Gasteiger partial charge in [-0.3, -0.25) is 9.59 Å². The standard InChI is InChI=1S/C25H33N3O4S/c1-18(2)27(4)25(30)22-10-8-20(9-11-22)17-26-24(29)21-12-14-23(15-13-21)33(31,32)28-16-6-5-7-19(28)3/h8-15,18-19H,5-7,16-17H2,1-4H3,(H,26,29). The van der Waals surface area contributed by atoms with Crippen molar-refractivity contribution in [1.82, 2.24) is 14.5 Å². The first kappa shape index (κ1) is 24.9. The number of benzene rings is 2. The molecule has 0 radical (unpaired) electrons. The van der Waals surface area contributed by atoms with Gasteiger partial charge in [-0.25, -0.2) is 8.42 Å². The predicted molar refractivity (Wildman–Crippen MR) is 128 cm³/mol. The van der Waals surface area contributed by atoms with Gasteiger partial charge in [-0.15, -0.1) is 0 Å². The molecule has 1 unspecified atom stereocenters. The molecule has 0 aliphatic carbocycles. The maximum atomic E-state index is 12.9. The molecule has 2 amide bonds. The van der Waals surface area contributed by atoms with Crippen LogP contribution in [-0.4, -0.2) is 55.1 Å². The van der Waals surface area contributed by atoms with E-state index >= 15 is 0 Å². The highest BCUT2D eigenvalue weighted by molar-refractivity contribution is 7.89. The van der Waals surface area contributed by atoms with Crippen molar-refractivity contribution in [3.63, 3.8) is 0 Å². The summed E-state index contributed by atoms with van der Waals surface area (Å²) in [5, 5.41) is 2.84. The Morgan fingerprint density at radius 3 is 2.21 bits per heavy atom. The molecule has 2 aromatic carbocycles. The molecule has 33 heavy (non-hydrogen) atoms. The Bertz CT molecular complexity index is 1080. The molecule has 3 rings (SSSR count). The Morgan fingerprint density at radius 2 is 1.64 bits per heavy atom. The van der Waals surface area contributed by atoms with Crippen LogP contribution in [0.4, 0.5) is 0 Å². The van der Waals surface area contributed by atoms with Crippen LogP contribution < -0.4 is 5.32 Å². The van der Waals surface area contributed by atoms with E-state index in [1.807, 2.05) is 32.9 Å². The van der Waals surface area contributed by atoms with E-state index in [9.17, 15) is 18.0 Å². The van der Waals surface area contributed by atoms with Gasteiger partial charge in [0.15, 0.2) is 0 Å². The number of carbonyl (C=O) groups excluding carboxylic acids is 2. The van der Waals surface area contributed by atoms with Gasteiger partial charge < -0.3 is 10.2 Å². The molecule has 1 aliphatic rings. The SMILES string of the molecule is CC(C)N(C)C(=O)c1ccc(CNC(=O)c2ccc(S(=O)(=O)N3CCCCC3C)cc2)cc1. The Labute approximate surface area is 196 Å². The highest BCUT2D eigenvalue weighted by Crippen LogP contribution is 2.25. The fourth-order valence-electron chi connectivity index (χ4n) is 3.83. The largest absolute Gasteiger partial charge is 0.348 e. The van der Waals surface area contributed by atoms with Crippen LogP contribution in [0.25, 0.3) is 0 Å². The number of hydrogen-bond donors (Lipinski definition) is 1. The molecule has 1 N–H and O–H groups in total. The quantitative estimate of drug-likeness (QED) is 0.668. The lowest BCUT2D eigenvalue weighted by atomic mass is 10.1. The summed E-state index contributed by atoms with van der Waals surface area (Å²) in [6, 6.07) is 13.3. The Morgan fingerprint density at radius 1 is 1.03 bits per heavy atom. The summed E-state index contributed by atoms with van der Waals surface area (Å²) >= 11 is 0. The van der Waals surface area contributed by atoms with E-state index in [-0.39, 0.29) is 28.8 Å². The first-order chi connectivity index (χ1) is 15.6. The summed E-state index contributed by atoms with van der Waals surface area (Å²) < 4.78 is 27.4. The highest BCUT2D eigenvalue weighted by atomic mass is 32.2. The second-order valence-electron chi connectivity index (χ2n) is 8.87. The number of hydrogen-bond acceptors (Lipinski definition) is 4. The molecule has 1 atom stereocenters. The van der Waals surface area contributed by atoms with Crippen LogP contribution in [0, 0.1) is 0 Å². The van der Waals surface area contributed by atoms with Crippen molar-refractivity contribution in [3.05, 3.63) is 65.2 Å². The van der Waals surface area contributed by atoms with E-state index in [1.54, 1.807) is 40.5 Å². The first-order valence-electron chi connectivity index (χ1n) is 11.4. The van der Waals surface area contributed by atoms with Crippen molar-refractivity contribution >= 4 is 21.8 Å². The molecule has 1 aliphatic heterocycles. The minimum absolute atomic E-state index is 0.0146. The number of rotatable bonds is 7. The van der Waals surface area contributed by atoms with Crippen LogP contribution in [-0.2, 0) is 16.6 Å². The van der Waals surface area contributed by atoms with E-state index in [0.717, 1.165) is 24.8 Å². The molecule has 2 aromatic rings. The van der Waals surface area contributed by atoms with Gasteiger partial charge in [0.1, 0.15) is 0 Å². The molecule has 1 saturated heterocycles. The van der Waals surface area contributed by atoms with Crippen molar-refractivity contribution < 1.29 is 18.0 Å². The Kier molecular flexibility index (Phi) is 7.92. The molecule has 7 nitrogen and oxygen atoms in total. The number of nitrogens with zero attached hydrogens (tertiary/aromatic N) is 2. The highest BCUT2D eigenvalue weighted by Gasteiger charge is 2.30. The average Bonchev–Trinajstić information content (AvgIpc) is 2.82. The van der Waals surface area contributed by atoms with Crippen LogP contribution in [0.5, 0.6) is 0 Å². The maximum absolute atomic E-state index is 12.9. The topological polar surface area (TPSA) is 86.8 Å². The van der Waals surface area contributed by atoms with E-state index in [4.69, 9.17) is 0 Å². The average molecular weight is 472 g/mol. The van der Waals surface area contributed by atoms with Gasteiger partial charge in [-0.1, -0.05) is 18.6 Å². The van der Waals surface area contributed by atoms with Gasteiger partial charge in [0.05, 0.1) is 4.90 Å². The van der Waals surface area contributed by atoms with Crippen LogP contribution >= 0.6 is 0 Å². The lowest BCUT2D eigenvalue weighted by molar-refractivity contribution is 0.0754. The summed E-state index contributed by atoms with van der Waals surface area (Å²) in [6.45, 7) is 6.68. The van der Waals surface area contributed by atoms with Crippen LogP contribution in [0.3, 0.4) is 0 Å². The van der Waals surface area contributed by atoms with Crippen molar-refractivity contribution in [2.24, 2.45) is 0 Å². The minimum Gasteiger partial charge on any atom is -0.348 e.